The molecule has 0 fully saturated rings. The number of aromatic hydroxyl groups is 1. The van der Waals surface area contributed by atoms with Crippen LogP contribution in [0.3, 0.4) is 0 Å². The molecule has 2 aromatic carbocycles. The van der Waals surface area contributed by atoms with Crippen LogP contribution in [0.5, 0.6) is 5.75 Å². The first-order valence-electron chi connectivity index (χ1n) is 9.54. The number of allylic oxidation sites excluding steroid dienone is 1. The maximum absolute atomic E-state index is 11.2. The molecular weight excluding hydrogens is 386 g/mol. The minimum atomic E-state index is -0.858. The molecule has 0 atom stereocenters. The van der Waals surface area contributed by atoms with E-state index in [9.17, 15) is 25.3 Å². The second kappa shape index (κ2) is 9.30. The molecule has 158 valence electrons. The summed E-state index contributed by atoms with van der Waals surface area (Å²) < 4.78 is 0. The molecule has 0 radical (unpaired) electrons. The zero-order chi connectivity index (χ0) is 22.6. The highest BCUT2D eigenvalue weighted by molar-refractivity contribution is 5.89. The van der Waals surface area contributed by atoms with Crippen LogP contribution in [-0.4, -0.2) is 21.2 Å². The van der Waals surface area contributed by atoms with Crippen molar-refractivity contribution in [1.82, 2.24) is 0 Å². The van der Waals surface area contributed by atoms with Gasteiger partial charge in [0.05, 0.1) is 21.6 Å². The molecule has 0 aliphatic rings. The second-order valence-electron chi connectivity index (χ2n) is 7.60. The Morgan fingerprint density at radius 2 is 1.60 bits per heavy atom. The van der Waals surface area contributed by atoms with Crippen molar-refractivity contribution in [2.45, 2.75) is 46.0 Å². The minimum Gasteiger partial charge on any atom is -0.502 e. The van der Waals surface area contributed by atoms with Crippen molar-refractivity contribution in [2.75, 3.05) is 0 Å². The van der Waals surface area contributed by atoms with Gasteiger partial charge in [-0.25, -0.2) is 0 Å². The molecule has 8 heteroatoms. The Bertz CT molecular complexity index is 997. The summed E-state index contributed by atoms with van der Waals surface area (Å²) in [6, 6.07) is 5.89. The van der Waals surface area contributed by atoms with Crippen molar-refractivity contribution in [2.24, 2.45) is 4.99 Å². The van der Waals surface area contributed by atoms with Crippen molar-refractivity contribution in [1.29, 1.82) is 0 Å². The average Bonchev–Trinajstić information content (AvgIpc) is 2.66. The molecule has 0 spiro atoms. The Morgan fingerprint density at radius 3 is 2.03 bits per heavy atom. The van der Waals surface area contributed by atoms with E-state index < -0.39 is 27.0 Å². The molecule has 0 unspecified atom stereocenters. The maximum atomic E-state index is 11.2. The Morgan fingerprint density at radius 1 is 1.03 bits per heavy atom. The molecule has 0 aromatic heterocycles. The van der Waals surface area contributed by atoms with Crippen molar-refractivity contribution in [3.05, 3.63) is 79.4 Å². The van der Waals surface area contributed by atoms with E-state index in [2.05, 4.69) is 11.6 Å². The Labute approximate surface area is 174 Å². The highest BCUT2D eigenvalue weighted by Gasteiger charge is 2.23. The molecule has 0 heterocycles. The maximum Gasteiger partial charge on any atom is 0.318 e. The molecule has 0 saturated heterocycles. The molecule has 8 nitrogen and oxygen atoms in total. The van der Waals surface area contributed by atoms with Crippen LogP contribution in [0.15, 0.2) is 41.9 Å². The molecule has 1 N–H and O–H groups in total. The van der Waals surface area contributed by atoms with Crippen LogP contribution in [0.1, 0.15) is 61.8 Å². The molecule has 0 aliphatic heterocycles. The molecule has 0 bridgehead atoms. The average molecular weight is 411 g/mol. The van der Waals surface area contributed by atoms with Gasteiger partial charge in [0.1, 0.15) is 0 Å². The first-order valence-corrected chi connectivity index (χ1v) is 9.54. The summed E-state index contributed by atoms with van der Waals surface area (Å²) in [6.45, 7) is 11.9. The van der Waals surface area contributed by atoms with Gasteiger partial charge in [0, 0.05) is 17.8 Å². The predicted molar refractivity (Wildman–Crippen MR) is 117 cm³/mol. The molecule has 0 saturated carbocycles. The van der Waals surface area contributed by atoms with Crippen molar-refractivity contribution < 1.29 is 15.0 Å². The van der Waals surface area contributed by atoms with Gasteiger partial charge < -0.3 is 5.11 Å². The van der Waals surface area contributed by atoms with Gasteiger partial charge in [0.25, 0.3) is 5.69 Å². The van der Waals surface area contributed by atoms with Crippen LogP contribution in [0.4, 0.5) is 17.1 Å². The normalized spacial score (nSPS) is 11.4. The van der Waals surface area contributed by atoms with Gasteiger partial charge in [-0.15, -0.1) is 6.58 Å². The van der Waals surface area contributed by atoms with Crippen LogP contribution in [0.2, 0.25) is 0 Å². The molecule has 0 aliphatic carbocycles. The summed E-state index contributed by atoms with van der Waals surface area (Å²) in [5, 5.41) is 32.6. The zero-order valence-electron chi connectivity index (χ0n) is 17.5. The third-order valence-corrected chi connectivity index (χ3v) is 4.70. The van der Waals surface area contributed by atoms with Gasteiger partial charge in [-0.3, -0.25) is 25.2 Å². The number of phenols is 1. The Balaban J connectivity index is 2.71. The van der Waals surface area contributed by atoms with Gasteiger partial charge >= 0.3 is 5.69 Å². The number of nitro groups is 2. The van der Waals surface area contributed by atoms with Gasteiger partial charge in [-0.1, -0.05) is 45.9 Å². The van der Waals surface area contributed by atoms with Gasteiger partial charge in [0.15, 0.2) is 0 Å². The monoisotopic (exact) mass is 411 g/mol. The molecule has 30 heavy (non-hydrogen) atoms. The lowest BCUT2D eigenvalue weighted by molar-refractivity contribution is -0.394. The highest BCUT2D eigenvalue weighted by Crippen LogP contribution is 2.38. The van der Waals surface area contributed by atoms with Crippen molar-refractivity contribution in [3.63, 3.8) is 0 Å². The minimum absolute atomic E-state index is 0.0875. The van der Waals surface area contributed by atoms with E-state index in [1.54, 1.807) is 0 Å². The molecule has 0 amide bonds. The largest absolute Gasteiger partial charge is 0.502 e. The zero-order valence-corrected chi connectivity index (χ0v) is 17.5. The van der Waals surface area contributed by atoms with E-state index in [4.69, 9.17) is 0 Å². The van der Waals surface area contributed by atoms with Crippen molar-refractivity contribution >= 4 is 23.3 Å². The van der Waals surface area contributed by atoms with Crippen LogP contribution < -0.4 is 0 Å². The van der Waals surface area contributed by atoms with E-state index in [0.717, 1.165) is 28.8 Å². The Hall–Kier alpha value is -3.55. The van der Waals surface area contributed by atoms with Gasteiger partial charge in [-0.05, 0) is 34.9 Å². The number of nitro benzene ring substituents is 2. The molecule has 2 aromatic rings. The highest BCUT2D eigenvalue weighted by atomic mass is 16.6. The van der Waals surface area contributed by atoms with Crippen LogP contribution in [0.25, 0.3) is 0 Å². The fraction of sp³-hybridized carbons (Fsp3) is 0.318. The predicted octanol–water partition coefficient (Wildman–Crippen LogP) is 5.93. The lowest BCUT2D eigenvalue weighted by atomic mass is 9.89. The quantitative estimate of drug-likeness (QED) is 0.250. The summed E-state index contributed by atoms with van der Waals surface area (Å²) >= 11 is 0. The van der Waals surface area contributed by atoms with E-state index in [1.165, 1.54) is 6.21 Å². The summed E-state index contributed by atoms with van der Waals surface area (Å²) in [5.74, 6) is -0.366. The number of nitrogens with zero attached hydrogens (tertiary/aromatic N) is 3. The van der Waals surface area contributed by atoms with E-state index in [1.807, 2.05) is 45.9 Å². The molecular formula is C22H25N3O5. The van der Waals surface area contributed by atoms with E-state index in [0.29, 0.717) is 12.1 Å². The number of non-ortho nitro benzene ring substituents is 1. The number of hydrogen-bond acceptors (Lipinski definition) is 6. The van der Waals surface area contributed by atoms with Gasteiger partial charge in [-0.2, -0.15) is 0 Å². The van der Waals surface area contributed by atoms with Crippen LogP contribution >= 0.6 is 0 Å². The fourth-order valence-corrected chi connectivity index (χ4v) is 3.16. The summed E-state index contributed by atoms with van der Waals surface area (Å²) in [7, 11) is 0. The summed E-state index contributed by atoms with van der Waals surface area (Å²) in [5.41, 5.74) is 2.44. The smallest absolute Gasteiger partial charge is 0.318 e. The van der Waals surface area contributed by atoms with Gasteiger partial charge in [0.2, 0.25) is 5.75 Å². The molecule has 2 rings (SSSR count). The van der Waals surface area contributed by atoms with Crippen LogP contribution in [-0.2, 0) is 6.42 Å². The number of benzene rings is 2. The fourth-order valence-electron chi connectivity index (χ4n) is 3.16. The van der Waals surface area contributed by atoms with E-state index >= 15 is 0 Å². The number of phenolic OH excluding ortho intramolecular Hbond substituents is 1. The third-order valence-electron chi connectivity index (χ3n) is 4.70. The van der Waals surface area contributed by atoms with Crippen LogP contribution in [0, 0.1) is 20.2 Å². The van der Waals surface area contributed by atoms with E-state index in [-0.39, 0.29) is 17.4 Å². The Kier molecular flexibility index (Phi) is 7.05. The number of rotatable bonds is 8. The first kappa shape index (κ1) is 22.7. The summed E-state index contributed by atoms with van der Waals surface area (Å²) in [6.07, 6.45) is 3.78. The number of aliphatic imine (C=N–C) groups is 1. The number of hydrogen-bond donors (Lipinski definition) is 1. The summed E-state index contributed by atoms with van der Waals surface area (Å²) in [4.78, 5) is 25.3. The SMILES string of the molecule is C=CCc1cc(C(C)C)c(N=Cc2cc([N+](=O)[O-])cc([N+](=O)[O-])c2O)c(C(C)C)c1. The lowest BCUT2D eigenvalue weighted by Crippen LogP contribution is -2.00. The second-order valence-corrected chi connectivity index (χ2v) is 7.60. The first-order chi connectivity index (χ1) is 14.1. The topological polar surface area (TPSA) is 119 Å². The van der Waals surface area contributed by atoms with Crippen molar-refractivity contribution in [3.8, 4) is 5.75 Å². The standard InChI is InChI=1S/C22H25N3O5/c1-6-7-15-8-18(13(2)3)21(19(9-15)14(4)5)23-12-16-10-17(24(27)28)11-20(22(16)26)25(29)30/h6,8-14,26H,1,7H2,2-5H3. The lowest BCUT2D eigenvalue weighted by Gasteiger charge is -2.18. The third kappa shape index (κ3) is 4.89.